The van der Waals surface area contributed by atoms with Gasteiger partial charge in [0.2, 0.25) is 0 Å². The average molecular weight is 463 g/mol. The van der Waals surface area contributed by atoms with Crippen LogP contribution in [0.3, 0.4) is 0 Å². The Morgan fingerprint density at radius 1 is 0.906 bits per heavy atom. The molecular weight excluding hydrogens is 432 g/mol. The van der Waals surface area contributed by atoms with E-state index in [1.165, 1.54) is 19.3 Å². The summed E-state index contributed by atoms with van der Waals surface area (Å²) in [6.45, 7) is -0.461. The highest BCUT2D eigenvalue weighted by molar-refractivity contribution is 6.31. The minimum atomic E-state index is -1.42. The Morgan fingerprint density at radius 3 is 2.31 bits per heavy atom. The lowest BCUT2D eigenvalue weighted by Gasteiger charge is -2.40. The van der Waals surface area contributed by atoms with Gasteiger partial charge in [-0.05, 0) is 67.0 Å². The molecule has 1 aliphatic heterocycles. The van der Waals surface area contributed by atoms with Crippen molar-refractivity contribution in [3.8, 4) is 5.75 Å². The molecule has 5 atom stereocenters. The molecule has 2 fully saturated rings. The van der Waals surface area contributed by atoms with Gasteiger partial charge in [-0.1, -0.05) is 42.3 Å². The summed E-state index contributed by atoms with van der Waals surface area (Å²) < 4.78 is 11.8. The van der Waals surface area contributed by atoms with Crippen molar-refractivity contribution in [2.75, 3.05) is 6.61 Å². The van der Waals surface area contributed by atoms with Gasteiger partial charge in [0.15, 0.2) is 0 Å². The first-order chi connectivity index (χ1) is 15.5. The van der Waals surface area contributed by atoms with Crippen molar-refractivity contribution in [2.24, 2.45) is 0 Å². The summed E-state index contributed by atoms with van der Waals surface area (Å²) in [5.74, 6) is 0.877. The van der Waals surface area contributed by atoms with Gasteiger partial charge >= 0.3 is 0 Å². The number of hydrogen-bond acceptors (Lipinski definition) is 6. The normalized spacial score (nSPS) is 29.1. The largest absolute Gasteiger partial charge is 0.490 e. The number of benzene rings is 2. The van der Waals surface area contributed by atoms with Crippen molar-refractivity contribution in [1.29, 1.82) is 0 Å². The molecule has 2 aromatic carbocycles. The third-order valence-corrected chi connectivity index (χ3v) is 6.83. The summed E-state index contributed by atoms with van der Waals surface area (Å²) >= 11 is 6.43. The third kappa shape index (κ3) is 5.28. The minimum absolute atomic E-state index is 0.305. The lowest BCUT2D eigenvalue weighted by Crippen LogP contribution is -2.55. The molecule has 0 amide bonds. The molecular formula is C25H31ClO6. The summed E-state index contributed by atoms with van der Waals surface area (Å²) in [5, 5.41) is 40.6. The van der Waals surface area contributed by atoms with Crippen LogP contribution in [0.25, 0.3) is 0 Å². The molecule has 2 aromatic rings. The second-order valence-electron chi connectivity index (χ2n) is 8.80. The molecule has 1 saturated carbocycles. The highest BCUT2D eigenvalue weighted by Crippen LogP contribution is 2.34. The topological polar surface area (TPSA) is 99.4 Å². The standard InChI is InChI=1S/C25H31ClO6/c26-20-11-8-16(25-24(30)23(29)22(28)21(14-27)32-25)13-17(20)12-15-6-9-19(10-7-15)31-18-4-2-1-3-5-18/h6-11,13,18,21-25,27-30H,1-5,12,14H2/t21-,22-,23+,24-,25?/m1/s1. The molecule has 2 aliphatic rings. The van der Waals surface area contributed by atoms with Crippen molar-refractivity contribution in [3.63, 3.8) is 0 Å². The molecule has 0 spiro atoms. The molecule has 4 N–H and O–H groups in total. The Kier molecular flexibility index (Phi) is 7.71. The first-order valence-corrected chi connectivity index (χ1v) is 11.7. The van der Waals surface area contributed by atoms with Crippen LogP contribution in [0.5, 0.6) is 5.75 Å². The van der Waals surface area contributed by atoms with Crippen LogP contribution in [0.2, 0.25) is 5.02 Å². The monoisotopic (exact) mass is 462 g/mol. The Labute approximate surface area is 193 Å². The maximum Gasteiger partial charge on any atom is 0.119 e. The SMILES string of the molecule is OC[C@H]1OC(c2ccc(Cl)c(Cc3ccc(OC4CCCCC4)cc3)c2)[C@H](O)[C@@H](O)[C@@H]1O. The predicted octanol–water partition coefficient (Wildman–Crippen LogP) is 3.16. The number of hydrogen-bond donors (Lipinski definition) is 4. The Morgan fingerprint density at radius 2 is 1.62 bits per heavy atom. The van der Waals surface area contributed by atoms with Crippen molar-refractivity contribution in [1.82, 2.24) is 0 Å². The van der Waals surface area contributed by atoms with Crippen LogP contribution in [0.15, 0.2) is 42.5 Å². The summed E-state index contributed by atoms with van der Waals surface area (Å²) in [5.41, 5.74) is 2.54. The van der Waals surface area contributed by atoms with Crippen LogP contribution in [0.4, 0.5) is 0 Å². The van der Waals surface area contributed by atoms with E-state index in [-0.39, 0.29) is 0 Å². The van der Waals surface area contributed by atoms with Gasteiger partial charge in [0, 0.05) is 5.02 Å². The first kappa shape index (κ1) is 23.5. The van der Waals surface area contributed by atoms with Crippen LogP contribution in [0, 0.1) is 0 Å². The Bertz CT molecular complexity index is 881. The van der Waals surface area contributed by atoms with E-state index < -0.39 is 37.1 Å². The van der Waals surface area contributed by atoms with E-state index in [0.29, 0.717) is 23.1 Å². The molecule has 1 saturated heterocycles. The number of ether oxygens (including phenoxy) is 2. The van der Waals surface area contributed by atoms with E-state index in [2.05, 4.69) is 0 Å². The number of halogens is 1. The second kappa shape index (κ2) is 10.5. The average Bonchev–Trinajstić information content (AvgIpc) is 2.81. The fraction of sp³-hybridized carbons (Fsp3) is 0.520. The zero-order valence-electron chi connectivity index (χ0n) is 17.9. The van der Waals surface area contributed by atoms with Crippen LogP contribution >= 0.6 is 11.6 Å². The summed E-state index contributed by atoms with van der Waals surface area (Å²) in [6.07, 6.45) is 0.908. The Hall–Kier alpha value is -1.67. The highest BCUT2D eigenvalue weighted by Gasteiger charge is 2.44. The summed E-state index contributed by atoms with van der Waals surface area (Å²) in [4.78, 5) is 0. The van der Waals surface area contributed by atoms with Gasteiger partial charge in [-0.2, -0.15) is 0 Å². The molecule has 1 unspecified atom stereocenters. The van der Waals surface area contributed by atoms with Gasteiger partial charge in [0.25, 0.3) is 0 Å². The zero-order valence-corrected chi connectivity index (χ0v) is 18.7. The lowest BCUT2D eigenvalue weighted by molar-refractivity contribution is -0.231. The van der Waals surface area contributed by atoms with Crippen LogP contribution in [-0.4, -0.2) is 57.6 Å². The van der Waals surface area contributed by atoms with E-state index >= 15 is 0 Å². The first-order valence-electron chi connectivity index (χ1n) is 11.3. The van der Waals surface area contributed by atoms with Crippen LogP contribution in [-0.2, 0) is 11.2 Å². The predicted molar refractivity (Wildman–Crippen MR) is 121 cm³/mol. The van der Waals surface area contributed by atoms with E-state index in [0.717, 1.165) is 29.7 Å². The quantitative estimate of drug-likeness (QED) is 0.526. The van der Waals surface area contributed by atoms with E-state index in [1.54, 1.807) is 12.1 Å². The maximum atomic E-state index is 10.4. The second-order valence-corrected chi connectivity index (χ2v) is 9.21. The molecule has 1 aliphatic carbocycles. The summed E-state index contributed by atoms with van der Waals surface area (Å²) in [6, 6.07) is 13.3. The minimum Gasteiger partial charge on any atom is -0.490 e. The van der Waals surface area contributed by atoms with Crippen molar-refractivity contribution in [2.45, 2.75) is 75.1 Å². The molecule has 0 aromatic heterocycles. The van der Waals surface area contributed by atoms with Gasteiger partial charge in [-0.15, -0.1) is 0 Å². The van der Waals surface area contributed by atoms with Gasteiger partial charge in [0.05, 0.1) is 12.7 Å². The molecule has 32 heavy (non-hydrogen) atoms. The van der Waals surface area contributed by atoms with Gasteiger partial charge in [-0.3, -0.25) is 0 Å². The maximum absolute atomic E-state index is 10.4. The molecule has 4 rings (SSSR count). The van der Waals surface area contributed by atoms with Crippen LogP contribution < -0.4 is 4.74 Å². The fourth-order valence-electron chi connectivity index (χ4n) is 4.57. The zero-order chi connectivity index (χ0) is 22.7. The molecule has 1 heterocycles. The number of aliphatic hydroxyl groups is 4. The molecule has 0 radical (unpaired) electrons. The molecule has 0 bridgehead atoms. The molecule has 6 nitrogen and oxygen atoms in total. The van der Waals surface area contributed by atoms with E-state index in [4.69, 9.17) is 21.1 Å². The Balaban J connectivity index is 1.47. The third-order valence-electron chi connectivity index (χ3n) is 6.46. The fourth-order valence-corrected chi connectivity index (χ4v) is 4.75. The number of rotatable bonds is 6. The van der Waals surface area contributed by atoms with Crippen molar-refractivity contribution in [3.05, 3.63) is 64.2 Å². The lowest BCUT2D eigenvalue weighted by atomic mass is 9.90. The van der Waals surface area contributed by atoms with Crippen LogP contribution in [0.1, 0.15) is 54.9 Å². The van der Waals surface area contributed by atoms with Gasteiger partial charge in [-0.25, -0.2) is 0 Å². The molecule has 7 heteroatoms. The highest BCUT2D eigenvalue weighted by atomic mass is 35.5. The van der Waals surface area contributed by atoms with Crippen molar-refractivity contribution >= 4 is 11.6 Å². The summed E-state index contributed by atoms with van der Waals surface area (Å²) in [7, 11) is 0. The van der Waals surface area contributed by atoms with E-state index in [9.17, 15) is 20.4 Å². The van der Waals surface area contributed by atoms with Crippen molar-refractivity contribution < 1.29 is 29.9 Å². The molecule has 174 valence electrons. The van der Waals surface area contributed by atoms with Gasteiger partial charge < -0.3 is 29.9 Å². The smallest absolute Gasteiger partial charge is 0.119 e. The number of aliphatic hydroxyl groups excluding tert-OH is 4. The van der Waals surface area contributed by atoms with Gasteiger partial charge in [0.1, 0.15) is 36.3 Å². The van der Waals surface area contributed by atoms with E-state index in [1.807, 2.05) is 30.3 Å².